The maximum Gasteiger partial charge on any atom is 0.0686 e. The first-order valence-electron chi connectivity index (χ1n) is 6.41. The van der Waals surface area contributed by atoms with Gasteiger partial charge in [-0.1, -0.05) is 0 Å². The first-order chi connectivity index (χ1) is 8.63. The van der Waals surface area contributed by atoms with Gasteiger partial charge in [-0.25, -0.2) is 0 Å². The maximum absolute atomic E-state index is 6.17. The van der Waals surface area contributed by atoms with E-state index in [1.165, 1.54) is 19.4 Å². The normalized spacial score (nSPS) is 30.2. The minimum absolute atomic E-state index is 0. The molecule has 2 fully saturated rings. The maximum atomic E-state index is 6.17. The quantitative estimate of drug-likeness (QED) is 0.813. The summed E-state index contributed by atoms with van der Waals surface area (Å²) in [5.74, 6) is 1.52. The van der Waals surface area contributed by atoms with Crippen LogP contribution in [0.5, 0.6) is 0 Å². The molecule has 0 aromatic carbocycles. The van der Waals surface area contributed by atoms with Crippen molar-refractivity contribution < 1.29 is 0 Å². The van der Waals surface area contributed by atoms with Crippen molar-refractivity contribution in [2.45, 2.75) is 25.4 Å². The molecule has 2 aliphatic rings. The van der Waals surface area contributed by atoms with E-state index in [-0.39, 0.29) is 12.4 Å². The molecule has 1 saturated heterocycles. The Kier molecular flexibility index (Phi) is 5.28. The third-order valence-electron chi connectivity index (χ3n) is 4.25. The number of likely N-dealkylation sites (tertiary alicyclic amines) is 1. The molecule has 1 aromatic heterocycles. The topological polar surface area (TPSA) is 42.1 Å². The Morgan fingerprint density at radius 2 is 2.11 bits per heavy atom. The molecular weight excluding hydrogens is 393 g/mol. The Labute approximate surface area is 137 Å². The van der Waals surface area contributed by atoms with E-state index in [9.17, 15) is 0 Å². The summed E-state index contributed by atoms with van der Waals surface area (Å²) in [6.07, 6.45) is 4.38. The number of nitrogens with zero attached hydrogens (tertiary/aromatic N) is 2. The number of fused-ring (bicyclic) bond motifs is 1. The van der Waals surface area contributed by atoms with E-state index in [0.29, 0.717) is 12.0 Å². The van der Waals surface area contributed by atoms with Gasteiger partial charge in [0.2, 0.25) is 0 Å². The van der Waals surface area contributed by atoms with E-state index in [1.54, 1.807) is 0 Å². The van der Waals surface area contributed by atoms with E-state index in [1.807, 2.05) is 6.20 Å². The average molecular weight is 412 g/mol. The molecule has 3 rings (SSSR count). The number of hydrogen-bond donors (Lipinski definition) is 1. The van der Waals surface area contributed by atoms with Crippen molar-refractivity contribution >= 4 is 44.3 Å². The van der Waals surface area contributed by atoms with Gasteiger partial charge in [0.05, 0.1) is 5.69 Å². The smallest absolute Gasteiger partial charge is 0.0686 e. The zero-order valence-corrected chi connectivity index (χ0v) is 14.5. The lowest BCUT2D eigenvalue weighted by Gasteiger charge is -2.18. The molecule has 1 aliphatic carbocycles. The molecule has 3 nitrogen and oxygen atoms in total. The van der Waals surface area contributed by atoms with Crippen LogP contribution in [-0.4, -0.2) is 29.0 Å². The van der Waals surface area contributed by atoms with Gasteiger partial charge in [0.1, 0.15) is 0 Å². The lowest BCUT2D eigenvalue weighted by Crippen LogP contribution is -2.30. The number of pyridine rings is 1. The third-order valence-corrected chi connectivity index (χ3v) is 5.37. The Morgan fingerprint density at radius 3 is 2.79 bits per heavy atom. The summed E-state index contributed by atoms with van der Waals surface area (Å²) in [5.41, 5.74) is 7.28. The van der Waals surface area contributed by atoms with Crippen LogP contribution in [-0.2, 0) is 6.54 Å². The number of hydrogen-bond acceptors (Lipinski definition) is 3. The highest BCUT2D eigenvalue weighted by Gasteiger charge is 2.40. The van der Waals surface area contributed by atoms with Gasteiger partial charge in [0.25, 0.3) is 0 Å². The summed E-state index contributed by atoms with van der Waals surface area (Å²) in [6, 6.07) is 2.48. The SMILES string of the molecule is Cl.NC1CCC2CN(Cc3ncc(Br)cc3Br)CC12. The second-order valence-corrected chi connectivity index (χ2v) is 7.21. The van der Waals surface area contributed by atoms with Crippen LogP contribution < -0.4 is 5.73 Å². The Hall–Kier alpha value is 0.320. The lowest BCUT2D eigenvalue weighted by atomic mass is 9.98. The van der Waals surface area contributed by atoms with Crippen LogP contribution in [0.15, 0.2) is 21.2 Å². The third kappa shape index (κ3) is 3.32. The van der Waals surface area contributed by atoms with E-state index < -0.39 is 0 Å². The summed E-state index contributed by atoms with van der Waals surface area (Å²) >= 11 is 7.02. The highest BCUT2D eigenvalue weighted by molar-refractivity contribution is 9.11. The molecule has 106 valence electrons. The minimum Gasteiger partial charge on any atom is -0.327 e. The van der Waals surface area contributed by atoms with Crippen LogP contribution >= 0.6 is 44.3 Å². The Morgan fingerprint density at radius 1 is 1.32 bits per heavy atom. The second kappa shape index (κ2) is 6.39. The molecule has 6 heteroatoms. The molecule has 1 aliphatic heterocycles. The molecule has 1 saturated carbocycles. The first kappa shape index (κ1) is 15.7. The summed E-state index contributed by atoms with van der Waals surface area (Å²) < 4.78 is 2.09. The van der Waals surface area contributed by atoms with Gasteiger partial charge in [-0.2, -0.15) is 0 Å². The van der Waals surface area contributed by atoms with Crippen molar-refractivity contribution in [2.24, 2.45) is 17.6 Å². The predicted octanol–water partition coefficient (Wildman–Crippen LogP) is 3.20. The minimum atomic E-state index is 0. The van der Waals surface area contributed by atoms with Crippen molar-refractivity contribution in [3.05, 3.63) is 26.9 Å². The van der Waals surface area contributed by atoms with Crippen molar-refractivity contribution in [1.82, 2.24) is 9.88 Å². The predicted molar refractivity (Wildman–Crippen MR) is 86.4 cm³/mol. The fourth-order valence-corrected chi connectivity index (χ4v) is 4.41. The van der Waals surface area contributed by atoms with E-state index in [0.717, 1.165) is 33.6 Å². The molecule has 2 heterocycles. The fraction of sp³-hybridized carbons (Fsp3) is 0.615. The zero-order valence-electron chi connectivity index (χ0n) is 10.6. The number of aromatic nitrogens is 1. The largest absolute Gasteiger partial charge is 0.327 e. The van der Waals surface area contributed by atoms with Gasteiger partial charge in [0, 0.05) is 40.8 Å². The van der Waals surface area contributed by atoms with Crippen molar-refractivity contribution in [2.75, 3.05) is 13.1 Å². The van der Waals surface area contributed by atoms with Gasteiger partial charge in [-0.05, 0) is 62.6 Å². The molecule has 2 N–H and O–H groups in total. The van der Waals surface area contributed by atoms with E-state index >= 15 is 0 Å². The molecule has 3 unspecified atom stereocenters. The van der Waals surface area contributed by atoms with Crippen molar-refractivity contribution in [3.8, 4) is 0 Å². The highest BCUT2D eigenvalue weighted by atomic mass is 79.9. The van der Waals surface area contributed by atoms with Gasteiger partial charge in [-0.3, -0.25) is 9.88 Å². The monoisotopic (exact) mass is 409 g/mol. The molecule has 0 radical (unpaired) electrons. The number of nitrogens with two attached hydrogens (primary N) is 1. The summed E-state index contributed by atoms with van der Waals surface area (Å²) in [6.45, 7) is 3.24. The van der Waals surface area contributed by atoms with Crippen LogP contribution in [0.2, 0.25) is 0 Å². The fourth-order valence-electron chi connectivity index (χ4n) is 3.30. The summed E-state index contributed by atoms with van der Waals surface area (Å²) in [5, 5.41) is 0. The number of halogens is 3. The van der Waals surface area contributed by atoms with Gasteiger partial charge in [0.15, 0.2) is 0 Å². The molecular formula is C13H18Br2ClN3. The molecule has 0 amide bonds. The first-order valence-corrected chi connectivity index (χ1v) is 8.00. The van der Waals surface area contributed by atoms with Crippen molar-refractivity contribution in [1.29, 1.82) is 0 Å². The lowest BCUT2D eigenvalue weighted by molar-refractivity contribution is 0.294. The molecule has 1 aromatic rings. The standard InChI is InChI=1S/C13H17Br2N3.ClH/c14-9-3-11(15)13(17-4-9)7-18-5-8-1-2-12(16)10(8)6-18;/h3-4,8,10,12H,1-2,5-7,16H2;1H. The molecule has 19 heavy (non-hydrogen) atoms. The van der Waals surface area contributed by atoms with E-state index in [2.05, 4.69) is 47.8 Å². The van der Waals surface area contributed by atoms with Gasteiger partial charge >= 0.3 is 0 Å². The van der Waals surface area contributed by atoms with Crippen LogP contribution in [0.25, 0.3) is 0 Å². The van der Waals surface area contributed by atoms with E-state index in [4.69, 9.17) is 5.73 Å². The summed E-state index contributed by atoms with van der Waals surface area (Å²) in [7, 11) is 0. The number of rotatable bonds is 2. The summed E-state index contributed by atoms with van der Waals surface area (Å²) in [4.78, 5) is 6.98. The van der Waals surface area contributed by atoms with Gasteiger partial charge in [-0.15, -0.1) is 12.4 Å². The van der Waals surface area contributed by atoms with Crippen molar-refractivity contribution in [3.63, 3.8) is 0 Å². The molecule has 3 atom stereocenters. The zero-order chi connectivity index (χ0) is 12.7. The molecule has 0 bridgehead atoms. The second-order valence-electron chi connectivity index (χ2n) is 5.44. The average Bonchev–Trinajstić information content (AvgIpc) is 2.86. The van der Waals surface area contributed by atoms with Crippen LogP contribution in [0.4, 0.5) is 0 Å². The van der Waals surface area contributed by atoms with Crippen LogP contribution in [0, 0.1) is 11.8 Å². The van der Waals surface area contributed by atoms with Crippen LogP contribution in [0.1, 0.15) is 18.5 Å². The Balaban J connectivity index is 0.00000133. The van der Waals surface area contributed by atoms with Gasteiger partial charge < -0.3 is 5.73 Å². The van der Waals surface area contributed by atoms with Crippen LogP contribution in [0.3, 0.4) is 0 Å². The Bertz CT molecular complexity index is 458. The molecule has 0 spiro atoms. The highest BCUT2D eigenvalue weighted by Crippen LogP contribution is 2.37.